The summed E-state index contributed by atoms with van der Waals surface area (Å²) in [6, 6.07) is 17.5. The molecule has 0 heterocycles. The molecular weight excluding hydrogens is 302 g/mol. The van der Waals surface area contributed by atoms with Gasteiger partial charge in [0.2, 0.25) is 0 Å². The van der Waals surface area contributed by atoms with Crippen molar-refractivity contribution < 1.29 is 14.3 Å². The number of esters is 1. The minimum atomic E-state index is -0.544. The first-order chi connectivity index (χ1) is 11.6. The lowest BCUT2D eigenvalue weighted by atomic mass is 9.96. The van der Waals surface area contributed by atoms with Gasteiger partial charge in [-0.25, -0.2) is 0 Å². The highest BCUT2D eigenvalue weighted by atomic mass is 16.5. The number of carbonyl (C=O) groups excluding carboxylic acids is 2. The molecule has 1 amide bonds. The Labute approximate surface area is 141 Å². The van der Waals surface area contributed by atoms with Crippen LogP contribution in [0, 0.1) is 6.92 Å². The van der Waals surface area contributed by atoms with Gasteiger partial charge in [-0.1, -0.05) is 54.6 Å². The van der Waals surface area contributed by atoms with Crippen LogP contribution in [-0.4, -0.2) is 18.5 Å². The fraction of sp³-hybridized carbons (Fsp3) is 0.300. The maximum atomic E-state index is 12.4. The minimum Gasteiger partial charge on any atom is -0.455 e. The van der Waals surface area contributed by atoms with Crippen LogP contribution in [0.5, 0.6) is 0 Å². The maximum Gasteiger partial charge on any atom is 0.317 e. The first kappa shape index (κ1) is 16.2. The third-order valence-electron chi connectivity index (χ3n) is 4.54. The predicted molar refractivity (Wildman–Crippen MR) is 91.3 cm³/mol. The SMILES string of the molecule is Cc1ccccc1CNC(=O)COC(=O)C1(c2ccccc2)CC1. The summed E-state index contributed by atoms with van der Waals surface area (Å²) in [5.74, 6) is -0.588. The summed E-state index contributed by atoms with van der Waals surface area (Å²) in [7, 11) is 0. The van der Waals surface area contributed by atoms with E-state index in [1.54, 1.807) is 0 Å². The number of amides is 1. The van der Waals surface area contributed by atoms with Crippen LogP contribution in [0.1, 0.15) is 29.5 Å². The molecule has 1 aliphatic rings. The van der Waals surface area contributed by atoms with E-state index in [-0.39, 0.29) is 18.5 Å². The Balaban J connectivity index is 1.50. The zero-order valence-corrected chi connectivity index (χ0v) is 13.7. The van der Waals surface area contributed by atoms with Gasteiger partial charge < -0.3 is 10.1 Å². The van der Waals surface area contributed by atoms with Gasteiger partial charge in [-0.05, 0) is 36.5 Å². The van der Waals surface area contributed by atoms with Crippen LogP contribution >= 0.6 is 0 Å². The topological polar surface area (TPSA) is 55.4 Å². The Kier molecular flexibility index (Phi) is 4.65. The normalized spacial score (nSPS) is 14.7. The molecule has 4 heteroatoms. The van der Waals surface area contributed by atoms with Crippen LogP contribution in [0.3, 0.4) is 0 Å². The van der Waals surface area contributed by atoms with Crippen molar-refractivity contribution in [3.63, 3.8) is 0 Å². The standard InChI is InChI=1S/C20H21NO3/c1-15-7-5-6-8-16(15)13-21-18(22)14-24-19(23)20(11-12-20)17-9-3-2-4-10-17/h2-10H,11-14H2,1H3,(H,21,22). The predicted octanol–water partition coefficient (Wildman–Crippen LogP) is 2.89. The lowest BCUT2D eigenvalue weighted by Crippen LogP contribution is -2.31. The van der Waals surface area contributed by atoms with Crippen LogP contribution in [0.2, 0.25) is 0 Å². The smallest absolute Gasteiger partial charge is 0.317 e. The van der Waals surface area contributed by atoms with Crippen LogP contribution in [0.25, 0.3) is 0 Å². The van der Waals surface area contributed by atoms with Gasteiger partial charge in [0.1, 0.15) is 0 Å². The average molecular weight is 323 g/mol. The van der Waals surface area contributed by atoms with E-state index < -0.39 is 5.41 Å². The van der Waals surface area contributed by atoms with Crippen molar-refractivity contribution in [2.24, 2.45) is 0 Å². The molecule has 0 aliphatic heterocycles. The van der Waals surface area contributed by atoms with Crippen LogP contribution < -0.4 is 5.32 Å². The van der Waals surface area contributed by atoms with E-state index in [0.717, 1.165) is 29.5 Å². The molecular formula is C20H21NO3. The van der Waals surface area contributed by atoms with Gasteiger partial charge in [-0.3, -0.25) is 9.59 Å². The highest BCUT2D eigenvalue weighted by Gasteiger charge is 2.52. The van der Waals surface area contributed by atoms with Crippen molar-refractivity contribution in [3.8, 4) is 0 Å². The summed E-state index contributed by atoms with van der Waals surface area (Å²) in [6.45, 7) is 2.20. The molecule has 0 radical (unpaired) electrons. The summed E-state index contributed by atoms with van der Waals surface area (Å²) in [4.78, 5) is 24.3. The second-order valence-electron chi connectivity index (χ2n) is 6.23. The Bertz CT molecular complexity index is 736. The number of ether oxygens (including phenoxy) is 1. The quantitative estimate of drug-likeness (QED) is 0.832. The molecule has 3 rings (SSSR count). The largest absolute Gasteiger partial charge is 0.455 e. The Morgan fingerprint density at radius 2 is 1.71 bits per heavy atom. The van der Waals surface area contributed by atoms with Crippen molar-refractivity contribution in [3.05, 3.63) is 71.3 Å². The number of rotatable bonds is 6. The molecule has 2 aromatic rings. The molecule has 0 aromatic heterocycles. The first-order valence-electron chi connectivity index (χ1n) is 8.16. The third-order valence-corrected chi connectivity index (χ3v) is 4.54. The number of hydrogen-bond donors (Lipinski definition) is 1. The van der Waals surface area contributed by atoms with Gasteiger partial charge in [-0.15, -0.1) is 0 Å². The monoisotopic (exact) mass is 323 g/mol. The molecule has 1 N–H and O–H groups in total. The molecule has 0 unspecified atom stereocenters. The van der Waals surface area contributed by atoms with Gasteiger partial charge in [0.05, 0.1) is 5.41 Å². The molecule has 1 saturated carbocycles. The van der Waals surface area contributed by atoms with E-state index in [9.17, 15) is 9.59 Å². The van der Waals surface area contributed by atoms with E-state index in [4.69, 9.17) is 4.74 Å². The first-order valence-corrected chi connectivity index (χ1v) is 8.16. The Morgan fingerprint density at radius 3 is 2.38 bits per heavy atom. The molecule has 0 bridgehead atoms. The molecule has 0 atom stereocenters. The molecule has 4 nitrogen and oxygen atoms in total. The zero-order valence-electron chi connectivity index (χ0n) is 13.7. The lowest BCUT2D eigenvalue weighted by Gasteiger charge is -2.15. The summed E-state index contributed by atoms with van der Waals surface area (Å²) >= 11 is 0. The highest BCUT2D eigenvalue weighted by Crippen LogP contribution is 2.49. The second kappa shape index (κ2) is 6.87. The lowest BCUT2D eigenvalue weighted by molar-refractivity contribution is -0.151. The Hall–Kier alpha value is -2.62. The number of benzene rings is 2. The number of nitrogens with one attached hydrogen (secondary N) is 1. The average Bonchev–Trinajstić information content (AvgIpc) is 3.42. The molecule has 124 valence electrons. The van der Waals surface area contributed by atoms with Crippen molar-refractivity contribution >= 4 is 11.9 Å². The zero-order chi connectivity index (χ0) is 17.0. The summed E-state index contributed by atoms with van der Waals surface area (Å²) < 4.78 is 5.25. The van der Waals surface area contributed by atoms with E-state index >= 15 is 0 Å². The van der Waals surface area contributed by atoms with E-state index in [0.29, 0.717) is 6.54 Å². The third kappa shape index (κ3) is 3.48. The molecule has 0 spiro atoms. The molecule has 1 aliphatic carbocycles. The maximum absolute atomic E-state index is 12.4. The highest BCUT2D eigenvalue weighted by molar-refractivity contribution is 5.88. The summed E-state index contributed by atoms with van der Waals surface area (Å²) in [5, 5.41) is 2.79. The molecule has 0 saturated heterocycles. The number of carbonyl (C=O) groups is 2. The van der Waals surface area contributed by atoms with Crippen LogP contribution in [0.15, 0.2) is 54.6 Å². The van der Waals surface area contributed by atoms with E-state index in [1.807, 2.05) is 61.5 Å². The molecule has 24 heavy (non-hydrogen) atoms. The van der Waals surface area contributed by atoms with Gasteiger partial charge in [0.15, 0.2) is 6.61 Å². The van der Waals surface area contributed by atoms with Crippen molar-refractivity contribution in [1.29, 1.82) is 0 Å². The second-order valence-corrected chi connectivity index (χ2v) is 6.23. The van der Waals surface area contributed by atoms with Gasteiger partial charge in [0.25, 0.3) is 5.91 Å². The van der Waals surface area contributed by atoms with Crippen molar-refractivity contribution in [1.82, 2.24) is 5.32 Å². The van der Waals surface area contributed by atoms with Gasteiger partial charge >= 0.3 is 5.97 Å². The van der Waals surface area contributed by atoms with Crippen molar-refractivity contribution in [2.75, 3.05) is 6.61 Å². The van der Waals surface area contributed by atoms with Gasteiger partial charge in [0, 0.05) is 6.54 Å². The van der Waals surface area contributed by atoms with Crippen LogP contribution in [-0.2, 0) is 26.3 Å². The van der Waals surface area contributed by atoms with E-state index in [2.05, 4.69) is 5.32 Å². The number of hydrogen-bond acceptors (Lipinski definition) is 3. The summed E-state index contributed by atoms with van der Waals surface area (Å²) in [6.07, 6.45) is 1.56. The van der Waals surface area contributed by atoms with E-state index in [1.165, 1.54) is 0 Å². The van der Waals surface area contributed by atoms with Gasteiger partial charge in [-0.2, -0.15) is 0 Å². The fourth-order valence-electron chi connectivity index (χ4n) is 2.82. The number of aryl methyl sites for hydroxylation is 1. The van der Waals surface area contributed by atoms with Crippen LogP contribution in [0.4, 0.5) is 0 Å². The molecule has 2 aromatic carbocycles. The molecule has 1 fully saturated rings. The van der Waals surface area contributed by atoms with Crippen molar-refractivity contribution in [2.45, 2.75) is 31.7 Å². The minimum absolute atomic E-state index is 0.237. The Morgan fingerprint density at radius 1 is 1.04 bits per heavy atom. The fourth-order valence-corrected chi connectivity index (χ4v) is 2.82. The summed E-state index contributed by atoms with van der Waals surface area (Å²) in [5.41, 5.74) is 2.60.